The van der Waals surface area contributed by atoms with Gasteiger partial charge in [0.25, 0.3) is 0 Å². The standard InChI is InChI=1S/C13H16N2S/c1-9-6-5-7-10(2)12(9)14-13-15(4)11(3)8-16-13/h5-8H,1-4H3. The Balaban J connectivity index is 2.64. The van der Waals surface area contributed by atoms with Crippen molar-refractivity contribution in [3.05, 3.63) is 45.2 Å². The van der Waals surface area contributed by atoms with Crippen molar-refractivity contribution in [2.24, 2.45) is 12.0 Å². The predicted octanol–water partition coefficient (Wildman–Crippen LogP) is 3.24. The molecule has 0 spiro atoms. The van der Waals surface area contributed by atoms with Gasteiger partial charge >= 0.3 is 0 Å². The largest absolute Gasteiger partial charge is 0.324 e. The van der Waals surface area contributed by atoms with Crippen molar-refractivity contribution in [2.75, 3.05) is 0 Å². The molecule has 0 bridgehead atoms. The fraction of sp³-hybridized carbons (Fsp3) is 0.308. The molecule has 2 aromatic rings. The van der Waals surface area contributed by atoms with Crippen LogP contribution in [0.5, 0.6) is 0 Å². The van der Waals surface area contributed by atoms with E-state index in [4.69, 9.17) is 4.99 Å². The minimum Gasteiger partial charge on any atom is -0.324 e. The molecule has 1 aromatic carbocycles. The molecule has 3 heteroatoms. The number of nitrogens with zero attached hydrogens (tertiary/aromatic N) is 2. The van der Waals surface area contributed by atoms with Crippen molar-refractivity contribution in [2.45, 2.75) is 20.8 Å². The normalized spacial score (nSPS) is 12.1. The van der Waals surface area contributed by atoms with E-state index in [1.165, 1.54) is 16.8 Å². The molecule has 0 aliphatic rings. The van der Waals surface area contributed by atoms with Crippen LogP contribution in [0.15, 0.2) is 28.6 Å². The molecule has 0 aliphatic carbocycles. The van der Waals surface area contributed by atoms with Gasteiger partial charge in [-0.1, -0.05) is 18.2 Å². The van der Waals surface area contributed by atoms with Crippen molar-refractivity contribution in [1.82, 2.24) is 4.57 Å². The fourth-order valence-corrected chi connectivity index (χ4v) is 2.51. The number of thiazole rings is 1. The molecule has 0 saturated carbocycles. The van der Waals surface area contributed by atoms with Crippen LogP contribution in [-0.4, -0.2) is 4.57 Å². The van der Waals surface area contributed by atoms with Crippen LogP contribution in [0.2, 0.25) is 0 Å². The highest BCUT2D eigenvalue weighted by atomic mass is 32.1. The maximum atomic E-state index is 4.74. The monoisotopic (exact) mass is 232 g/mol. The summed E-state index contributed by atoms with van der Waals surface area (Å²) >= 11 is 1.68. The Morgan fingerprint density at radius 3 is 2.25 bits per heavy atom. The van der Waals surface area contributed by atoms with Crippen LogP contribution in [0.3, 0.4) is 0 Å². The number of hydrogen-bond donors (Lipinski definition) is 0. The molecule has 0 N–H and O–H groups in total. The molecule has 0 amide bonds. The van der Waals surface area contributed by atoms with Gasteiger partial charge in [-0.3, -0.25) is 0 Å². The summed E-state index contributed by atoms with van der Waals surface area (Å²) in [6, 6.07) is 6.28. The van der Waals surface area contributed by atoms with Crippen molar-refractivity contribution in [1.29, 1.82) is 0 Å². The van der Waals surface area contributed by atoms with Gasteiger partial charge in [0.1, 0.15) is 0 Å². The van der Waals surface area contributed by atoms with Crippen LogP contribution in [0, 0.1) is 20.8 Å². The van der Waals surface area contributed by atoms with Crippen LogP contribution < -0.4 is 4.80 Å². The minimum atomic E-state index is 1.05. The first-order chi connectivity index (χ1) is 7.59. The topological polar surface area (TPSA) is 17.3 Å². The second kappa shape index (κ2) is 4.26. The molecule has 1 heterocycles. The number of rotatable bonds is 1. The molecule has 0 saturated heterocycles. The lowest BCUT2D eigenvalue weighted by Gasteiger charge is -2.03. The Labute approximate surface area is 99.9 Å². The Morgan fingerprint density at radius 2 is 1.75 bits per heavy atom. The minimum absolute atomic E-state index is 1.05. The predicted molar refractivity (Wildman–Crippen MR) is 69.2 cm³/mol. The quantitative estimate of drug-likeness (QED) is 0.718. The summed E-state index contributed by atoms with van der Waals surface area (Å²) in [7, 11) is 2.05. The molecule has 84 valence electrons. The molecule has 1 aromatic heterocycles. The second-order valence-electron chi connectivity index (χ2n) is 4.07. The van der Waals surface area contributed by atoms with Gasteiger partial charge in [0.05, 0.1) is 5.69 Å². The highest BCUT2D eigenvalue weighted by Crippen LogP contribution is 2.22. The maximum Gasteiger partial charge on any atom is 0.189 e. The van der Waals surface area contributed by atoms with Gasteiger partial charge in [-0.15, -0.1) is 11.3 Å². The summed E-state index contributed by atoms with van der Waals surface area (Å²) in [5.41, 5.74) is 4.80. The first-order valence-electron chi connectivity index (χ1n) is 5.31. The zero-order valence-electron chi connectivity index (χ0n) is 10.1. The van der Waals surface area contributed by atoms with Crippen LogP contribution in [-0.2, 0) is 7.05 Å². The van der Waals surface area contributed by atoms with E-state index in [2.05, 4.69) is 56.0 Å². The molecule has 0 unspecified atom stereocenters. The molecular weight excluding hydrogens is 216 g/mol. The molecule has 0 radical (unpaired) electrons. The van der Waals surface area contributed by atoms with E-state index < -0.39 is 0 Å². The van der Waals surface area contributed by atoms with E-state index >= 15 is 0 Å². The molecule has 2 nitrogen and oxygen atoms in total. The van der Waals surface area contributed by atoms with E-state index in [1.54, 1.807) is 11.3 Å². The van der Waals surface area contributed by atoms with Crippen molar-refractivity contribution in [3.8, 4) is 0 Å². The van der Waals surface area contributed by atoms with E-state index in [0.717, 1.165) is 10.5 Å². The lowest BCUT2D eigenvalue weighted by atomic mass is 10.1. The summed E-state index contributed by atoms with van der Waals surface area (Å²) in [6.07, 6.45) is 0. The molecule has 16 heavy (non-hydrogen) atoms. The van der Waals surface area contributed by atoms with Gasteiger partial charge in [-0.05, 0) is 31.9 Å². The van der Waals surface area contributed by atoms with E-state index in [0.29, 0.717) is 0 Å². The number of aryl methyl sites for hydroxylation is 3. The van der Waals surface area contributed by atoms with Crippen molar-refractivity contribution < 1.29 is 0 Å². The molecular formula is C13H16N2S. The van der Waals surface area contributed by atoms with Crippen LogP contribution in [0.1, 0.15) is 16.8 Å². The SMILES string of the molecule is Cc1cccc(C)c1N=c1scc(C)n1C. The summed E-state index contributed by atoms with van der Waals surface area (Å²) in [6.45, 7) is 6.30. The van der Waals surface area contributed by atoms with E-state index in [9.17, 15) is 0 Å². The van der Waals surface area contributed by atoms with Gasteiger partial charge in [0, 0.05) is 18.1 Å². The Morgan fingerprint density at radius 1 is 1.12 bits per heavy atom. The summed E-state index contributed by atoms with van der Waals surface area (Å²) in [5.74, 6) is 0. The molecule has 2 rings (SSSR count). The lowest BCUT2D eigenvalue weighted by molar-refractivity contribution is 0.834. The maximum absolute atomic E-state index is 4.74. The van der Waals surface area contributed by atoms with Crippen LogP contribution in [0.4, 0.5) is 5.69 Å². The summed E-state index contributed by atoms with van der Waals surface area (Å²) in [5, 5.41) is 2.13. The molecule has 0 aliphatic heterocycles. The van der Waals surface area contributed by atoms with Gasteiger partial charge < -0.3 is 4.57 Å². The molecule has 0 atom stereocenters. The van der Waals surface area contributed by atoms with Gasteiger partial charge in [0.15, 0.2) is 4.80 Å². The smallest absolute Gasteiger partial charge is 0.189 e. The van der Waals surface area contributed by atoms with Crippen LogP contribution in [0.25, 0.3) is 0 Å². The number of hydrogen-bond acceptors (Lipinski definition) is 2. The zero-order valence-corrected chi connectivity index (χ0v) is 10.9. The zero-order chi connectivity index (χ0) is 11.7. The average molecular weight is 232 g/mol. The van der Waals surface area contributed by atoms with Gasteiger partial charge in [-0.25, -0.2) is 4.99 Å². The number of aromatic nitrogens is 1. The summed E-state index contributed by atoms with van der Waals surface area (Å²) < 4.78 is 2.12. The third-order valence-corrected chi connectivity index (χ3v) is 3.83. The third kappa shape index (κ3) is 1.95. The third-order valence-electron chi connectivity index (χ3n) is 2.80. The van der Waals surface area contributed by atoms with Crippen LogP contribution >= 0.6 is 11.3 Å². The fourth-order valence-electron chi connectivity index (χ4n) is 1.63. The lowest BCUT2D eigenvalue weighted by Crippen LogP contribution is -2.11. The Hall–Kier alpha value is -1.35. The van der Waals surface area contributed by atoms with Gasteiger partial charge in [-0.2, -0.15) is 0 Å². The molecule has 0 fully saturated rings. The Kier molecular flexibility index (Phi) is 2.97. The first kappa shape index (κ1) is 11.1. The second-order valence-corrected chi connectivity index (χ2v) is 4.91. The van der Waals surface area contributed by atoms with Gasteiger partial charge in [0.2, 0.25) is 0 Å². The highest BCUT2D eigenvalue weighted by Gasteiger charge is 2.01. The van der Waals surface area contributed by atoms with Crippen molar-refractivity contribution in [3.63, 3.8) is 0 Å². The number of para-hydroxylation sites is 1. The highest BCUT2D eigenvalue weighted by molar-refractivity contribution is 7.07. The Bertz CT molecular complexity index is 556. The number of benzene rings is 1. The first-order valence-corrected chi connectivity index (χ1v) is 6.19. The average Bonchev–Trinajstić information content (AvgIpc) is 2.55. The summed E-state index contributed by atoms with van der Waals surface area (Å²) in [4.78, 5) is 5.79. The van der Waals surface area contributed by atoms with Crippen molar-refractivity contribution >= 4 is 17.0 Å². The van der Waals surface area contributed by atoms with E-state index in [1.807, 2.05) is 0 Å². The van der Waals surface area contributed by atoms with E-state index in [-0.39, 0.29) is 0 Å².